The van der Waals surface area contributed by atoms with Gasteiger partial charge in [0, 0.05) is 44.3 Å². The molecule has 1 aliphatic carbocycles. The van der Waals surface area contributed by atoms with Gasteiger partial charge >= 0.3 is 0 Å². The van der Waals surface area contributed by atoms with Crippen molar-refractivity contribution in [1.29, 1.82) is 0 Å². The lowest BCUT2D eigenvalue weighted by Gasteiger charge is -2.29. The van der Waals surface area contributed by atoms with Gasteiger partial charge in [0.05, 0.1) is 16.9 Å². The van der Waals surface area contributed by atoms with Gasteiger partial charge < -0.3 is 4.90 Å². The van der Waals surface area contributed by atoms with E-state index in [2.05, 4.69) is 260 Å². The molecular weight excluding hydrogens is 787 g/mol. The summed E-state index contributed by atoms with van der Waals surface area (Å²) in [6, 6.07) is 85.7. The lowest BCUT2D eigenvalue weighted by molar-refractivity contribution is 0.660. The maximum absolute atomic E-state index is 5.52. The molecule has 0 aliphatic heterocycles. The van der Waals surface area contributed by atoms with E-state index in [0.717, 1.165) is 67.0 Å². The molecule has 0 N–H and O–H groups in total. The van der Waals surface area contributed by atoms with Crippen molar-refractivity contribution in [3.63, 3.8) is 0 Å². The van der Waals surface area contributed by atoms with Gasteiger partial charge in [0.2, 0.25) is 0 Å². The Labute approximate surface area is 380 Å². The van der Waals surface area contributed by atoms with Gasteiger partial charge in [-0.1, -0.05) is 214 Å². The van der Waals surface area contributed by atoms with E-state index in [0.29, 0.717) is 0 Å². The summed E-state index contributed by atoms with van der Waals surface area (Å²) in [6.07, 6.45) is 0. The number of aromatic nitrogens is 2. The molecule has 3 nitrogen and oxygen atoms in total. The molecule has 11 aromatic rings. The van der Waals surface area contributed by atoms with Crippen molar-refractivity contribution in [2.75, 3.05) is 4.90 Å². The predicted molar refractivity (Wildman–Crippen MR) is 272 cm³/mol. The molecule has 1 aliphatic rings. The van der Waals surface area contributed by atoms with Crippen LogP contribution < -0.4 is 4.90 Å². The summed E-state index contributed by atoms with van der Waals surface area (Å²) in [4.78, 5) is 2.46. The van der Waals surface area contributed by atoms with Crippen LogP contribution in [0, 0.1) is 0 Å². The van der Waals surface area contributed by atoms with Crippen LogP contribution in [-0.4, -0.2) is 9.61 Å². The first-order valence-electron chi connectivity index (χ1n) is 22.5. The zero-order chi connectivity index (χ0) is 43.5. The Kier molecular flexibility index (Phi) is 9.17. The molecule has 9 aromatic carbocycles. The van der Waals surface area contributed by atoms with E-state index in [-0.39, 0.29) is 5.41 Å². The Morgan fingerprint density at radius 1 is 0.385 bits per heavy atom. The van der Waals surface area contributed by atoms with Crippen LogP contribution in [-0.2, 0) is 5.41 Å². The molecule has 0 amide bonds. The molecule has 2 heterocycles. The number of hydrogen-bond donors (Lipinski definition) is 0. The highest BCUT2D eigenvalue weighted by Gasteiger charge is 2.36. The quantitative estimate of drug-likeness (QED) is 0.152. The molecule has 0 saturated carbocycles. The number of rotatable bonds is 8. The molecule has 0 radical (unpaired) electrons. The van der Waals surface area contributed by atoms with E-state index in [9.17, 15) is 0 Å². The summed E-state index contributed by atoms with van der Waals surface area (Å²) in [7, 11) is 0. The molecule has 0 saturated heterocycles. The third-order valence-corrected chi connectivity index (χ3v) is 13.4. The highest BCUT2D eigenvalue weighted by molar-refractivity contribution is 6.13. The van der Waals surface area contributed by atoms with Crippen LogP contribution in [0.2, 0.25) is 0 Å². The number of anilines is 3. The van der Waals surface area contributed by atoms with Gasteiger partial charge in [-0.15, -0.1) is 0 Å². The summed E-state index contributed by atoms with van der Waals surface area (Å²) in [5.41, 5.74) is 20.7. The normalized spacial score (nSPS) is 12.6. The largest absolute Gasteiger partial charge is 0.310 e. The molecule has 0 unspecified atom stereocenters. The fourth-order valence-corrected chi connectivity index (χ4v) is 10.2. The van der Waals surface area contributed by atoms with Crippen molar-refractivity contribution in [2.45, 2.75) is 19.3 Å². The molecular formula is C62H45N3. The first kappa shape index (κ1) is 38.4. The van der Waals surface area contributed by atoms with Gasteiger partial charge in [-0.25, -0.2) is 4.52 Å². The Hall–Kier alpha value is -8.27. The molecule has 0 atom stereocenters. The van der Waals surface area contributed by atoms with Crippen molar-refractivity contribution >= 4 is 33.4 Å². The van der Waals surface area contributed by atoms with Gasteiger partial charge in [-0.2, -0.15) is 5.10 Å². The van der Waals surface area contributed by atoms with Crippen LogP contribution in [0.1, 0.15) is 25.0 Å². The Bertz CT molecular complexity index is 3520. The van der Waals surface area contributed by atoms with E-state index in [1.165, 1.54) is 44.5 Å². The highest BCUT2D eigenvalue weighted by atomic mass is 15.2. The maximum atomic E-state index is 5.52. The SMILES string of the molecule is CC1(C)c2ccccc2-c2ccc(N(c3ccc(-c4ccc(-c5ccccc5)cc4)cc3)c3cccc4c3cc(-c3ccccc3)n3nc(-c5ccccc5)c(-c5ccccc5)c43)cc21. The summed E-state index contributed by atoms with van der Waals surface area (Å²) >= 11 is 0. The van der Waals surface area contributed by atoms with Crippen molar-refractivity contribution in [3.05, 3.63) is 248 Å². The highest BCUT2D eigenvalue weighted by Crippen LogP contribution is 2.52. The van der Waals surface area contributed by atoms with Crippen LogP contribution >= 0.6 is 0 Å². The van der Waals surface area contributed by atoms with Crippen LogP contribution in [0.4, 0.5) is 17.1 Å². The zero-order valence-corrected chi connectivity index (χ0v) is 36.4. The molecule has 0 spiro atoms. The maximum Gasteiger partial charge on any atom is 0.101 e. The van der Waals surface area contributed by atoms with Crippen LogP contribution in [0.25, 0.3) is 83.3 Å². The summed E-state index contributed by atoms with van der Waals surface area (Å²) in [5, 5.41) is 7.78. The first-order chi connectivity index (χ1) is 32.0. The van der Waals surface area contributed by atoms with Gasteiger partial charge in [-0.3, -0.25) is 0 Å². The molecule has 12 rings (SSSR count). The van der Waals surface area contributed by atoms with Crippen molar-refractivity contribution in [2.24, 2.45) is 0 Å². The fraction of sp³-hybridized carbons (Fsp3) is 0.0484. The third-order valence-electron chi connectivity index (χ3n) is 13.4. The molecule has 0 fully saturated rings. The second-order valence-corrected chi connectivity index (χ2v) is 17.6. The molecule has 65 heavy (non-hydrogen) atoms. The van der Waals surface area contributed by atoms with Crippen molar-refractivity contribution < 1.29 is 0 Å². The molecule has 308 valence electrons. The van der Waals surface area contributed by atoms with E-state index >= 15 is 0 Å². The number of hydrogen-bond acceptors (Lipinski definition) is 2. The smallest absolute Gasteiger partial charge is 0.101 e. The van der Waals surface area contributed by atoms with Gasteiger partial charge in [0.25, 0.3) is 0 Å². The number of fused-ring (bicyclic) bond motifs is 6. The monoisotopic (exact) mass is 831 g/mol. The first-order valence-corrected chi connectivity index (χ1v) is 22.5. The Morgan fingerprint density at radius 3 is 1.54 bits per heavy atom. The number of nitrogens with zero attached hydrogens (tertiary/aromatic N) is 3. The topological polar surface area (TPSA) is 20.5 Å². The van der Waals surface area contributed by atoms with Crippen molar-refractivity contribution in [1.82, 2.24) is 9.61 Å². The Balaban J connectivity index is 1.10. The molecule has 3 heteroatoms. The molecule has 2 aromatic heterocycles. The fourth-order valence-electron chi connectivity index (χ4n) is 10.2. The number of pyridine rings is 1. The lowest BCUT2D eigenvalue weighted by Crippen LogP contribution is -2.16. The van der Waals surface area contributed by atoms with Gasteiger partial charge in [0.1, 0.15) is 5.69 Å². The van der Waals surface area contributed by atoms with Crippen LogP contribution in [0.5, 0.6) is 0 Å². The second-order valence-electron chi connectivity index (χ2n) is 17.6. The van der Waals surface area contributed by atoms with Crippen LogP contribution in [0.15, 0.2) is 237 Å². The minimum absolute atomic E-state index is 0.162. The molecule has 0 bridgehead atoms. The minimum Gasteiger partial charge on any atom is -0.310 e. The minimum atomic E-state index is -0.162. The lowest BCUT2D eigenvalue weighted by atomic mass is 9.82. The van der Waals surface area contributed by atoms with E-state index in [1.54, 1.807) is 0 Å². The summed E-state index contributed by atoms with van der Waals surface area (Å²) in [5.74, 6) is 0. The second kappa shape index (κ2) is 15.5. The van der Waals surface area contributed by atoms with E-state index < -0.39 is 0 Å². The summed E-state index contributed by atoms with van der Waals surface area (Å²) in [6.45, 7) is 4.72. The third kappa shape index (κ3) is 6.47. The van der Waals surface area contributed by atoms with Gasteiger partial charge in [-0.05, 0) is 86.5 Å². The number of benzene rings is 9. The van der Waals surface area contributed by atoms with E-state index in [4.69, 9.17) is 5.10 Å². The summed E-state index contributed by atoms with van der Waals surface area (Å²) < 4.78 is 2.18. The zero-order valence-electron chi connectivity index (χ0n) is 36.4. The van der Waals surface area contributed by atoms with Crippen LogP contribution in [0.3, 0.4) is 0 Å². The standard InChI is InChI=1S/C62H45N3/c1-62(2)55-28-16-15-26-51(55)52-39-38-50(40-56(52)62)64(49-36-34-45(35-37-49)44-32-30-43(31-33-44)42-18-7-3-8-19-42)57-29-17-27-53-54(57)41-58(46-20-9-4-10-21-46)65-61(53)59(47-22-11-5-12-23-47)60(63-65)48-24-13-6-14-25-48/h3-41H,1-2H3. The van der Waals surface area contributed by atoms with Gasteiger partial charge in [0.15, 0.2) is 0 Å². The van der Waals surface area contributed by atoms with Crippen molar-refractivity contribution in [3.8, 4) is 67.0 Å². The van der Waals surface area contributed by atoms with E-state index in [1.807, 2.05) is 0 Å². The Morgan fingerprint density at radius 2 is 0.892 bits per heavy atom. The average Bonchev–Trinajstić information content (AvgIpc) is 3.89. The predicted octanol–water partition coefficient (Wildman–Crippen LogP) is 16.6. The average molecular weight is 832 g/mol.